The molecule has 1 unspecified atom stereocenters. The predicted molar refractivity (Wildman–Crippen MR) is 91.1 cm³/mol. The fraction of sp³-hybridized carbons (Fsp3) is 0.400. The first-order chi connectivity index (χ1) is 10.4. The van der Waals surface area contributed by atoms with Crippen LogP contribution in [0.25, 0.3) is 0 Å². The van der Waals surface area contributed by atoms with Gasteiger partial charge in [-0.1, -0.05) is 25.4 Å². The lowest BCUT2D eigenvalue weighted by Crippen LogP contribution is -2.27. The summed E-state index contributed by atoms with van der Waals surface area (Å²) in [6.45, 7) is 5.97. The highest BCUT2D eigenvalue weighted by molar-refractivity contribution is 7.89. The van der Waals surface area contributed by atoms with Crippen LogP contribution < -0.4 is 4.72 Å². The Hall–Kier alpha value is -0.950. The summed E-state index contributed by atoms with van der Waals surface area (Å²) in [5.41, 5.74) is 1.97. The molecule has 0 saturated carbocycles. The van der Waals surface area contributed by atoms with Crippen LogP contribution in [0.5, 0.6) is 0 Å². The van der Waals surface area contributed by atoms with Gasteiger partial charge in [-0.05, 0) is 61.1 Å². The molecule has 22 heavy (non-hydrogen) atoms. The molecule has 1 aromatic heterocycles. The van der Waals surface area contributed by atoms with Crippen molar-refractivity contribution in [1.82, 2.24) is 9.10 Å². The van der Waals surface area contributed by atoms with E-state index in [0.717, 1.165) is 24.1 Å². The summed E-state index contributed by atoms with van der Waals surface area (Å²) in [5, 5.41) is 0.507. The second-order valence-electron chi connectivity index (χ2n) is 4.97. The summed E-state index contributed by atoms with van der Waals surface area (Å²) >= 11 is 7.25. The summed E-state index contributed by atoms with van der Waals surface area (Å²) in [5.74, 6) is 0. The van der Waals surface area contributed by atoms with E-state index < -0.39 is 10.0 Å². The van der Waals surface area contributed by atoms with Gasteiger partial charge in [-0.3, -0.25) is 0 Å². The molecular weight excluding hydrogens is 340 g/mol. The minimum Gasteiger partial charge on any atom is -0.207 e. The summed E-state index contributed by atoms with van der Waals surface area (Å²) < 4.78 is 32.0. The quantitative estimate of drug-likeness (QED) is 0.850. The smallest absolute Gasteiger partial charge is 0.207 e. The van der Waals surface area contributed by atoms with Crippen LogP contribution in [0.15, 0.2) is 29.2 Å². The Kier molecular flexibility index (Phi) is 5.60. The fourth-order valence-electron chi connectivity index (χ4n) is 2.32. The summed E-state index contributed by atoms with van der Waals surface area (Å²) in [7, 11) is -3.59. The Bertz CT molecular complexity index is 739. The summed E-state index contributed by atoms with van der Waals surface area (Å²) in [6.07, 6.45) is 1.76. The van der Waals surface area contributed by atoms with Crippen LogP contribution in [-0.4, -0.2) is 12.8 Å². The van der Waals surface area contributed by atoms with E-state index in [-0.39, 0.29) is 10.9 Å². The van der Waals surface area contributed by atoms with Gasteiger partial charge >= 0.3 is 0 Å². The minimum absolute atomic E-state index is 0.202. The first kappa shape index (κ1) is 17.4. The molecule has 0 spiro atoms. The lowest BCUT2D eigenvalue weighted by Gasteiger charge is -2.14. The predicted octanol–water partition coefficient (Wildman–Crippen LogP) is 3.96. The number of hydrogen-bond donors (Lipinski definition) is 1. The van der Waals surface area contributed by atoms with Gasteiger partial charge in [-0.2, -0.15) is 4.37 Å². The van der Waals surface area contributed by atoms with Crippen molar-refractivity contribution in [3.63, 3.8) is 0 Å². The monoisotopic (exact) mass is 358 g/mol. The van der Waals surface area contributed by atoms with Crippen molar-refractivity contribution in [3.05, 3.63) is 45.4 Å². The number of halogens is 1. The average molecular weight is 359 g/mol. The van der Waals surface area contributed by atoms with Crippen molar-refractivity contribution in [2.45, 2.75) is 44.6 Å². The Labute approximate surface area is 140 Å². The third-order valence-corrected chi connectivity index (χ3v) is 6.29. The molecule has 0 aliphatic rings. The molecule has 0 bridgehead atoms. The number of nitrogens with zero attached hydrogens (tertiary/aromatic N) is 1. The first-order valence-electron chi connectivity index (χ1n) is 7.14. The van der Waals surface area contributed by atoms with E-state index in [1.165, 1.54) is 28.5 Å². The molecule has 0 radical (unpaired) electrons. The Morgan fingerprint density at radius 3 is 2.41 bits per heavy atom. The molecule has 7 heteroatoms. The minimum atomic E-state index is -3.59. The Balaban J connectivity index is 2.26. The average Bonchev–Trinajstić information content (AvgIpc) is 2.90. The van der Waals surface area contributed by atoms with E-state index in [4.69, 9.17) is 11.6 Å². The van der Waals surface area contributed by atoms with Crippen LogP contribution in [0.1, 0.15) is 42.9 Å². The van der Waals surface area contributed by atoms with Gasteiger partial charge in [0.25, 0.3) is 0 Å². The van der Waals surface area contributed by atoms with Crippen molar-refractivity contribution >= 4 is 33.2 Å². The van der Waals surface area contributed by atoms with E-state index in [1.807, 2.05) is 6.92 Å². The number of aromatic nitrogens is 1. The Morgan fingerprint density at radius 2 is 1.86 bits per heavy atom. The van der Waals surface area contributed by atoms with Gasteiger partial charge in [0.15, 0.2) is 0 Å². The zero-order chi connectivity index (χ0) is 16.3. The molecule has 0 amide bonds. The molecule has 2 aromatic rings. The van der Waals surface area contributed by atoms with Gasteiger partial charge in [0.1, 0.15) is 0 Å². The fourth-order valence-corrected chi connectivity index (χ4v) is 4.62. The zero-order valence-electron chi connectivity index (χ0n) is 12.8. The van der Waals surface area contributed by atoms with Crippen molar-refractivity contribution in [2.75, 3.05) is 0 Å². The molecule has 1 aromatic carbocycles. The van der Waals surface area contributed by atoms with Gasteiger partial charge in [0, 0.05) is 9.90 Å². The van der Waals surface area contributed by atoms with Crippen LogP contribution >= 0.6 is 23.1 Å². The van der Waals surface area contributed by atoms with E-state index in [0.29, 0.717) is 5.02 Å². The molecule has 1 N–H and O–H groups in total. The highest BCUT2D eigenvalue weighted by Crippen LogP contribution is 2.26. The van der Waals surface area contributed by atoms with Gasteiger partial charge in [0.05, 0.1) is 16.6 Å². The maximum Gasteiger partial charge on any atom is 0.241 e. The summed E-state index contributed by atoms with van der Waals surface area (Å²) in [4.78, 5) is 1.42. The molecular formula is C15H19ClN2O2S2. The zero-order valence-corrected chi connectivity index (χ0v) is 15.1. The number of aryl methyl sites for hydroxylation is 1. The SMILES string of the molecule is CCc1snc(C(C)NS(=O)(=O)c2ccc(Cl)cc2)c1CC. The van der Waals surface area contributed by atoms with Gasteiger partial charge < -0.3 is 0 Å². The van der Waals surface area contributed by atoms with E-state index in [9.17, 15) is 8.42 Å². The molecule has 4 nitrogen and oxygen atoms in total. The number of sulfonamides is 1. The van der Waals surface area contributed by atoms with Crippen LogP contribution in [0, 0.1) is 0 Å². The lowest BCUT2D eigenvalue weighted by atomic mass is 10.1. The molecule has 0 fully saturated rings. The third-order valence-electron chi connectivity index (χ3n) is 3.44. The van der Waals surface area contributed by atoms with Crippen molar-refractivity contribution in [3.8, 4) is 0 Å². The van der Waals surface area contributed by atoms with Crippen molar-refractivity contribution in [2.24, 2.45) is 0 Å². The van der Waals surface area contributed by atoms with Crippen molar-refractivity contribution < 1.29 is 8.42 Å². The molecule has 2 rings (SSSR count). The maximum atomic E-state index is 12.4. The van der Waals surface area contributed by atoms with E-state index in [1.54, 1.807) is 12.1 Å². The third kappa shape index (κ3) is 3.68. The molecule has 1 atom stereocenters. The second-order valence-corrected chi connectivity index (χ2v) is 7.98. The first-order valence-corrected chi connectivity index (χ1v) is 9.77. The molecule has 0 saturated heterocycles. The van der Waals surface area contributed by atoms with Gasteiger partial charge in [-0.15, -0.1) is 0 Å². The largest absolute Gasteiger partial charge is 0.241 e. The number of rotatable bonds is 6. The maximum absolute atomic E-state index is 12.4. The lowest BCUT2D eigenvalue weighted by molar-refractivity contribution is 0.564. The van der Waals surface area contributed by atoms with Crippen molar-refractivity contribution in [1.29, 1.82) is 0 Å². The van der Waals surface area contributed by atoms with Crippen LogP contribution in [0.2, 0.25) is 5.02 Å². The standard InChI is InChI=1S/C15H19ClN2O2S2/c1-4-13-14(5-2)21-17-15(13)10(3)18-22(19,20)12-8-6-11(16)7-9-12/h6-10,18H,4-5H2,1-3H3. The number of nitrogens with one attached hydrogen (secondary N) is 1. The van der Waals surface area contributed by atoms with Crippen LogP contribution in [-0.2, 0) is 22.9 Å². The Morgan fingerprint density at radius 1 is 1.23 bits per heavy atom. The molecule has 0 aliphatic heterocycles. The van der Waals surface area contributed by atoms with E-state index >= 15 is 0 Å². The molecule has 0 aliphatic carbocycles. The molecule has 1 heterocycles. The van der Waals surface area contributed by atoms with Crippen LogP contribution in [0.3, 0.4) is 0 Å². The summed E-state index contributed by atoms with van der Waals surface area (Å²) in [6, 6.07) is 5.76. The number of benzene rings is 1. The van der Waals surface area contributed by atoms with Crippen LogP contribution in [0.4, 0.5) is 0 Å². The highest BCUT2D eigenvalue weighted by Gasteiger charge is 2.22. The van der Waals surface area contributed by atoms with Gasteiger partial charge in [-0.25, -0.2) is 13.1 Å². The second kappa shape index (κ2) is 7.08. The highest BCUT2D eigenvalue weighted by atomic mass is 35.5. The normalized spacial score (nSPS) is 13.3. The number of hydrogen-bond acceptors (Lipinski definition) is 4. The topological polar surface area (TPSA) is 59.1 Å². The molecule has 120 valence electrons. The van der Waals surface area contributed by atoms with Gasteiger partial charge in [0.2, 0.25) is 10.0 Å². The van der Waals surface area contributed by atoms with E-state index in [2.05, 4.69) is 22.9 Å².